The molecule has 2 rings (SSSR count). The van der Waals surface area contributed by atoms with E-state index in [1.54, 1.807) is 0 Å². The number of carbonyl (C=O) groups is 1. The summed E-state index contributed by atoms with van der Waals surface area (Å²) in [6.07, 6.45) is -0.157. The van der Waals surface area contributed by atoms with Crippen molar-refractivity contribution in [2.45, 2.75) is 6.17 Å². The maximum atomic E-state index is 11.7. The van der Waals surface area contributed by atoms with Crippen molar-refractivity contribution in [2.75, 3.05) is 51.4 Å². The number of primary amides is 1. The van der Waals surface area contributed by atoms with Crippen molar-refractivity contribution in [1.29, 1.82) is 0 Å². The molecule has 0 saturated carbocycles. The second kappa shape index (κ2) is 4.91. The molecular formula is C10H21N4OS+. The first-order valence-electron chi connectivity index (χ1n) is 5.79. The van der Waals surface area contributed by atoms with Crippen LogP contribution in [-0.4, -0.2) is 72.9 Å². The quantitative estimate of drug-likeness (QED) is 0.617. The lowest BCUT2D eigenvalue weighted by Crippen LogP contribution is -2.65. The molecule has 0 aromatic carbocycles. The average Bonchev–Trinajstić information content (AvgIpc) is 2.67. The van der Waals surface area contributed by atoms with Gasteiger partial charge in [0.2, 0.25) is 6.17 Å². The van der Waals surface area contributed by atoms with E-state index in [0.717, 1.165) is 48.8 Å². The summed E-state index contributed by atoms with van der Waals surface area (Å²) in [6, 6.07) is 0. The van der Waals surface area contributed by atoms with Gasteiger partial charge in [0.15, 0.2) is 0 Å². The molecule has 0 aromatic heterocycles. The normalized spacial score (nSPS) is 33.8. The van der Waals surface area contributed by atoms with Gasteiger partial charge in [0, 0.05) is 31.1 Å². The smallest absolute Gasteiger partial charge is 0.292 e. The average molecular weight is 245 g/mol. The molecule has 0 radical (unpaired) electrons. The van der Waals surface area contributed by atoms with E-state index in [4.69, 9.17) is 5.73 Å². The third-order valence-electron chi connectivity index (χ3n) is 3.51. The first kappa shape index (κ1) is 12.2. The monoisotopic (exact) mass is 245 g/mol. The molecule has 2 unspecified atom stereocenters. The lowest BCUT2D eigenvalue weighted by molar-refractivity contribution is -0.924. The highest BCUT2D eigenvalue weighted by atomic mass is 32.2. The predicted octanol–water partition coefficient (Wildman–Crippen LogP) is -1.15. The lowest BCUT2D eigenvalue weighted by atomic mass is 10.3. The Balaban J connectivity index is 2.12. The van der Waals surface area contributed by atoms with Crippen LogP contribution in [0.4, 0.5) is 0 Å². The standard InChI is InChI=1S/C10H20N4OS/c1-14(5-2-12-8-14)10(9(11)15)13-3-6-16-7-4-13/h10,12H,2-8H2,1H3,(H-,11,15)/p+1. The largest absolute Gasteiger partial charge is 0.363 e. The fourth-order valence-electron chi connectivity index (χ4n) is 2.66. The molecule has 16 heavy (non-hydrogen) atoms. The molecule has 2 heterocycles. The number of nitrogens with two attached hydrogens (primary N) is 1. The van der Waals surface area contributed by atoms with Crippen molar-refractivity contribution in [1.82, 2.24) is 10.2 Å². The Morgan fingerprint density at radius 2 is 2.19 bits per heavy atom. The molecule has 2 fully saturated rings. The zero-order chi connectivity index (χ0) is 11.6. The highest BCUT2D eigenvalue weighted by Gasteiger charge is 2.43. The van der Waals surface area contributed by atoms with Gasteiger partial charge in [-0.25, -0.2) is 4.90 Å². The first-order valence-corrected chi connectivity index (χ1v) is 6.95. The molecule has 0 aliphatic carbocycles. The summed E-state index contributed by atoms with van der Waals surface area (Å²) in [5, 5.41) is 3.32. The number of hydrogen-bond acceptors (Lipinski definition) is 4. The fourth-order valence-corrected chi connectivity index (χ4v) is 3.59. The Morgan fingerprint density at radius 1 is 1.50 bits per heavy atom. The number of nitrogens with zero attached hydrogens (tertiary/aromatic N) is 2. The Hall–Kier alpha value is -0.300. The van der Waals surface area contributed by atoms with Crippen molar-refractivity contribution < 1.29 is 9.28 Å². The third kappa shape index (κ3) is 2.34. The first-order chi connectivity index (χ1) is 7.63. The molecule has 2 aliphatic heterocycles. The van der Waals surface area contributed by atoms with E-state index in [1.165, 1.54) is 0 Å². The van der Waals surface area contributed by atoms with Crippen molar-refractivity contribution in [3.8, 4) is 0 Å². The van der Waals surface area contributed by atoms with Crippen molar-refractivity contribution in [2.24, 2.45) is 5.73 Å². The van der Waals surface area contributed by atoms with Crippen LogP contribution < -0.4 is 11.1 Å². The summed E-state index contributed by atoms with van der Waals surface area (Å²) >= 11 is 1.95. The summed E-state index contributed by atoms with van der Waals surface area (Å²) in [7, 11) is 2.12. The Morgan fingerprint density at radius 3 is 2.69 bits per heavy atom. The van der Waals surface area contributed by atoms with Crippen LogP contribution in [0.5, 0.6) is 0 Å². The van der Waals surface area contributed by atoms with Gasteiger partial charge in [-0.3, -0.25) is 14.6 Å². The summed E-state index contributed by atoms with van der Waals surface area (Å²) < 4.78 is 0.722. The Labute approximate surface area is 101 Å². The van der Waals surface area contributed by atoms with Gasteiger partial charge in [-0.15, -0.1) is 0 Å². The zero-order valence-electron chi connectivity index (χ0n) is 9.82. The number of likely N-dealkylation sites (N-methyl/N-ethyl adjacent to an activating group) is 1. The van der Waals surface area contributed by atoms with Crippen LogP contribution >= 0.6 is 11.8 Å². The van der Waals surface area contributed by atoms with Gasteiger partial charge in [0.05, 0.1) is 13.6 Å². The molecule has 2 saturated heterocycles. The zero-order valence-corrected chi connectivity index (χ0v) is 10.6. The van der Waals surface area contributed by atoms with E-state index in [0.29, 0.717) is 0 Å². The second-order valence-corrected chi connectivity index (χ2v) is 6.01. The summed E-state index contributed by atoms with van der Waals surface area (Å²) in [5.74, 6) is 2.03. The van der Waals surface area contributed by atoms with Crippen LogP contribution in [0.25, 0.3) is 0 Å². The summed E-state index contributed by atoms with van der Waals surface area (Å²) in [4.78, 5) is 14.0. The van der Waals surface area contributed by atoms with Crippen molar-refractivity contribution >= 4 is 17.7 Å². The maximum Gasteiger partial charge on any atom is 0.292 e. The molecule has 0 bridgehead atoms. The van der Waals surface area contributed by atoms with Crippen LogP contribution in [0.3, 0.4) is 0 Å². The van der Waals surface area contributed by atoms with E-state index < -0.39 is 0 Å². The van der Waals surface area contributed by atoms with Crippen LogP contribution in [0, 0.1) is 0 Å². The molecule has 2 atom stereocenters. The van der Waals surface area contributed by atoms with Crippen molar-refractivity contribution in [3.63, 3.8) is 0 Å². The molecule has 1 amide bonds. The van der Waals surface area contributed by atoms with Gasteiger partial charge >= 0.3 is 0 Å². The Kier molecular flexibility index (Phi) is 3.73. The number of nitrogens with one attached hydrogen (secondary N) is 1. The van der Waals surface area contributed by atoms with E-state index in [-0.39, 0.29) is 12.1 Å². The topological polar surface area (TPSA) is 58.4 Å². The minimum atomic E-state index is -0.182. The number of rotatable bonds is 3. The molecule has 5 nitrogen and oxygen atoms in total. The summed E-state index contributed by atoms with van der Waals surface area (Å²) in [5.41, 5.74) is 5.60. The minimum absolute atomic E-state index is 0.157. The third-order valence-corrected chi connectivity index (χ3v) is 4.45. The van der Waals surface area contributed by atoms with Gasteiger partial charge < -0.3 is 5.73 Å². The van der Waals surface area contributed by atoms with E-state index in [2.05, 4.69) is 17.3 Å². The molecule has 92 valence electrons. The lowest BCUT2D eigenvalue weighted by Gasteiger charge is -2.42. The van der Waals surface area contributed by atoms with Crippen LogP contribution in [0.1, 0.15) is 0 Å². The van der Waals surface area contributed by atoms with E-state index in [1.807, 2.05) is 11.8 Å². The molecule has 0 spiro atoms. The predicted molar refractivity (Wildman–Crippen MR) is 65.8 cm³/mol. The van der Waals surface area contributed by atoms with Gasteiger partial charge in [0.25, 0.3) is 5.91 Å². The highest BCUT2D eigenvalue weighted by Crippen LogP contribution is 2.20. The fraction of sp³-hybridized carbons (Fsp3) is 0.900. The molecule has 3 N–H and O–H groups in total. The SMILES string of the molecule is C[N+]1(C(C(N)=O)N2CCSCC2)CCNC1. The number of hydrogen-bond donors (Lipinski definition) is 2. The molecule has 6 heteroatoms. The van der Waals surface area contributed by atoms with Crippen LogP contribution in [0.2, 0.25) is 0 Å². The number of thioether (sulfide) groups is 1. The van der Waals surface area contributed by atoms with Crippen LogP contribution in [-0.2, 0) is 4.79 Å². The van der Waals surface area contributed by atoms with Crippen molar-refractivity contribution in [3.05, 3.63) is 0 Å². The highest BCUT2D eigenvalue weighted by molar-refractivity contribution is 7.99. The van der Waals surface area contributed by atoms with Gasteiger partial charge in [-0.2, -0.15) is 11.8 Å². The maximum absolute atomic E-state index is 11.7. The van der Waals surface area contributed by atoms with Gasteiger partial charge in [-0.05, 0) is 0 Å². The number of quaternary nitrogens is 1. The second-order valence-electron chi connectivity index (χ2n) is 4.79. The number of carbonyl (C=O) groups excluding carboxylic acids is 1. The van der Waals surface area contributed by atoms with Gasteiger partial charge in [0.1, 0.15) is 6.67 Å². The molecule has 0 aromatic rings. The Bertz CT molecular complexity index is 262. The van der Waals surface area contributed by atoms with E-state index in [9.17, 15) is 4.79 Å². The number of amides is 1. The molecular weight excluding hydrogens is 224 g/mol. The van der Waals surface area contributed by atoms with E-state index >= 15 is 0 Å². The molecule has 2 aliphatic rings. The minimum Gasteiger partial charge on any atom is -0.363 e. The van der Waals surface area contributed by atoms with Crippen LogP contribution in [0.15, 0.2) is 0 Å². The van der Waals surface area contributed by atoms with Gasteiger partial charge in [-0.1, -0.05) is 0 Å². The summed E-state index contributed by atoms with van der Waals surface area (Å²) in [6.45, 7) is 4.76.